The first-order valence-electron chi connectivity index (χ1n) is 6.10. The molecular weight excluding hydrogens is 188 g/mol. The molecule has 0 aromatic heterocycles. The van der Waals surface area contributed by atoms with E-state index in [9.17, 15) is 0 Å². The number of rotatable bonds is 9. The Morgan fingerprint density at radius 3 is 2.27 bits per heavy atom. The first kappa shape index (κ1) is 14.7. The highest BCUT2D eigenvalue weighted by Crippen LogP contribution is 2.16. The second-order valence-corrected chi connectivity index (χ2v) is 4.49. The van der Waals surface area contributed by atoms with E-state index in [1.165, 1.54) is 18.4 Å². The van der Waals surface area contributed by atoms with E-state index in [-0.39, 0.29) is 13.2 Å². The summed E-state index contributed by atoms with van der Waals surface area (Å²) in [6, 6.07) is 0. The fourth-order valence-corrected chi connectivity index (χ4v) is 1.64. The van der Waals surface area contributed by atoms with Gasteiger partial charge in [0.15, 0.2) is 0 Å². The second kappa shape index (κ2) is 10.2. The highest BCUT2D eigenvalue weighted by Gasteiger charge is 1.99. The number of allylic oxidation sites excluding steroid dienone is 1. The van der Waals surface area contributed by atoms with Crippen LogP contribution in [-0.2, 0) is 0 Å². The maximum atomic E-state index is 8.78. The van der Waals surface area contributed by atoms with E-state index in [1.54, 1.807) is 0 Å². The zero-order valence-corrected chi connectivity index (χ0v) is 10.2. The molecule has 0 heterocycles. The highest BCUT2D eigenvalue weighted by molar-refractivity contribution is 5.01. The van der Waals surface area contributed by atoms with Gasteiger partial charge in [0.25, 0.3) is 0 Å². The molecule has 0 unspecified atom stereocenters. The van der Waals surface area contributed by atoms with Crippen molar-refractivity contribution in [2.45, 2.75) is 52.4 Å². The monoisotopic (exact) mass is 214 g/mol. The lowest BCUT2D eigenvalue weighted by molar-refractivity contribution is 0.287. The maximum absolute atomic E-state index is 8.78. The first-order chi connectivity index (χ1) is 7.20. The van der Waals surface area contributed by atoms with Gasteiger partial charge < -0.3 is 10.2 Å². The molecule has 90 valence electrons. The van der Waals surface area contributed by atoms with Crippen LogP contribution in [0.15, 0.2) is 11.6 Å². The van der Waals surface area contributed by atoms with Gasteiger partial charge in [-0.3, -0.25) is 0 Å². The van der Waals surface area contributed by atoms with Crippen molar-refractivity contribution in [3.05, 3.63) is 11.6 Å². The van der Waals surface area contributed by atoms with Crippen LogP contribution in [0.2, 0.25) is 0 Å². The Kier molecular flexibility index (Phi) is 9.96. The standard InChI is InChI=1S/C13H26O2/c1-12(2)6-3-7-13(8-4-10-14)9-5-11-15/h8,12,14-15H,3-7,9-11H2,1-2H3/b13-8+. The molecule has 0 saturated carbocycles. The Morgan fingerprint density at radius 2 is 1.73 bits per heavy atom. The van der Waals surface area contributed by atoms with Gasteiger partial charge in [0.05, 0.1) is 0 Å². The van der Waals surface area contributed by atoms with Gasteiger partial charge in [-0.25, -0.2) is 0 Å². The fourth-order valence-electron chi connectivity index (χ4n) is 1.64. The van der Waals surface area contributed by atoms with Gasteiger partial charge in [0, 0.05) is 13.2 Å². The van der Waals surface area contributed by atoms with Crippen LogP contribution in [0, 0.1) is 5.92 Å². The molecule has 0 aliphatic carbocycles. The van der Waals surface area contributed by atoms with Crippen LogP contribution in [0.4, 0.5) is 0 Å². The minimum absolute atomic E-state index is 0.229. The summed E-state index contributed by atoms with van der Waals surface area (Å²) in [5.41, 5.74) is 1.40. The largest absolute Gasteiger partial charge is 0.396 e. The number of hydrogen-bond donors (Lipinski definition) is 2. The van der Waals surface area contributed by atoms with Crippen molar-refractivity contribution in [3.8, 4) is 0 Å². The van der Waals surface area contributed by atoms with Crippen molar-refractivity contribution < 1.29 is 10.2 Å². The molecule has 0 aromatic rings. The van der Waals surface area contributed by atoms with Crippen LogP contribution in [0.5, 0.6) is 0 Å². The average molecular weight is 214 g/mol. The summed E-state index contributed by atoms with van der Waals surface area (Å²) >= 11 is 0. The molecule has 2 nitrogen and oxygen atoms in total. The Labute approximate surface area is 94.0 Å². The highest BCUT2D eigenvalue weighted by atomic mass is 16.3. The van der Waals surface area contributed by atoms with E-state index in [4.69, 9.17) is 10.2 Å². The third-order valence-electron chi connectivity index (χ3n) is 2.50. The maximum Gasteiger partial charge on any atom is 0.0465 e. The van der Waals surface area contributed by atoms with Crippen molar-refractivity contribution >= 4 is 0 Å². The lowest BCUT2D eigenvalue weighted by atomic mass is 9.99. The molecule has 0 fully saturated rings. The van der Waals surface area contributed by atoms with Gasteiger partial charge in [-0.05, 0) is 38.0 Å². The minimum Gasteiger partial charge on any atom is -0.396 e. The Hall–Kier alpha value is -0.340. The van der Waals surface area contributed by atoms with Gasteiger partial charge in [0.2, 0.25) is 0 Å². The molecule has 0 aliphatic heterocycles. The molecule has 0 saturated heterocycles. The van der Waals surface area contributed by atoms with Crippen molar-refractivity contribution in [3.63, 3.8) is 0 Å². The summed E-state index contributed by atoms with van der Waals surface area (Å²) in [6.45, 7) is 4.98. The van der Waals surface area contributed by atoms with E-state index in [0.717, 1.165) is 31.6 Å². The quantitative estimate of drug-likeness (QED) is 0.579. The Balaban J connectivity index is 3.79. The molecule has 0 amide bonds. The van der Waals surface area contributed by atoms with Crippen molar-refractivity contribution in [1.82, 2.24) is 0 Å². The van der Waals surface area contributed by atoms with Gasteiger partial charge >= 0.3 is 0 Å². The summed E-state index contributed by atoms with van der Waals surface area (Å²) in [7, 11) is 0. The van der Waals surface area contributed by atoms with E-state index in [2.05, 4.69) is 19.9 Å². The summed E-state index contributed by atoms with van der Waals surface area (Å²) in [5.74, 6) is 0.766. The third-order valence-corrected chi connectivity index (χ3v) is 2.50. The SMILES string of the molecule is CC(C)CCC/C(=C\CCO)CCCO. The van der Waals surface area contributed by atoms with E-state index >= 15 is 0 Å². The zero-order chi connectivity index (χ0) is 11.5. The second-order valence-electron chi connectivity index (χ2n) is 4.49. The van der Waals surface area contributed by atoms with Gasteiger partial charge in [-0.15, -0.1) is 0 Å². The average Bonchev–Trinajstić information content (AvgIpc) is 2.20. The Morgan fingerprint density at radius 1 is 1.07 bits per heavy atom. The number of aliphatic hydroxyl groups is 2. The van der Waals surface area contributed by atoms with Crippen molar-refractivity contribution in [2.75, 3.05) is 13.2 Å². The van der Waals surface area contributed by atoms with Crippen LogP contribution in [0.25, 0.3) is 0 Å². The van der Waals surface area contributed by atoms with Gasteiger partial charge in [0.1, 0.15) is 0 Å². The van der Waals surface area contributed by atoms with Crippen LogP contribution in [0.1, 0.15) is 52.4 Å². The summed E-state index contributed by atoms with van der Waals surface area (Å²) < 4.78 is 0. The Bertz CT molecular complexity index is 162. The predicted molar refractivity (Wildman–Crippen MR) is 64.8 cm³/mol. The minimum atomic E-state index is 0.229. The van der Waals surface area contributed by atoms with Gasteiger partial charge in [-0.1, -0.05) is 31.9 Å². The molecule has 0 aliphatic rings. The number of aliphatic hydroxyl groups excluding tert-OH is 2. The predicted octanol–water partition coefficient (Wildman–Crippen LogP) is 2.89. The molecule has 0 spiro atoms. The topological polar surface area (TPSA) is 40.5 Å². The van der Waals surface area contributed by atoms with Crippen molar-refractivity contribution in [1.29, 1.82) is 0 Å². The molecule has 15 heavy (non-hydrogen) atoms. The summed E-state index contributed by atoms with van der Waals surface area (Å²) in [6.07, 6.45) is 8.32. The van der Waals surface area contributed by atoms with Crippen LogP contribution in [-0.4, -0.2) is 23.4 Å². The molecule has 0 aromatic carbocycles. The van der Waals surface area contributed by atoms with Gasteiger partial charge in [-0.2, -0.15) is 0 Å². The first-order valence-corrected chi connectivity index (χ1v) is 6.10. The fraction of sp³-hybridized carbons (Fsp3) is 0.846. The van der Waals surface area contributed by atoms with Crippen LogP contribution >= 0.6 is 0 Å². The molecule has 0 atom stereocenters. The summed E-state index contributed by atoms with van der Waals surface area (Å²) in [5, 5.41) is 17.5. The lowest BCUT2D eigenvalue weighted by Crippen LogP contribution is -1.93. The smallest absolute Gasteiger partial charge is 0.0465 e. The molecule has 0 radical (unpaired) electrons. The summed E-state index contributed by atoms with van der Waals surface area (Å²) in [4.78, 5) is 0. The van der Waals surface area contributed by atoms with Crippen molar-refractivity contribution in [2.24, 2.45) is 5.92 Å². The van der Waals surface area contributed by atoms with E-state index in [0.29, 0.717) is 0 Å². The lowest BCUT2D eigenvalue weighted by Gasteiger charge is -2.08. The molecule has 0 rings (SSSR count). The molecule has 0 bridgehead atoms. The van der Waals surface area contributed by atoms with Crippen LogP contribution < -0.4 is 0 Å². The third kappa shape index (κ3) is 9.95. The van der Waals surface area contributed by atoms with Crippen LogP contribution in [0.3, 0.4) is 0 Å². The van der Waals surface area contributed by atoms with E-state index in [1.807, 2.05) is 0 Å². The zero-order valence-electron chi connectivity index (χ0n) is 10.2. The molecule has 2 N–H and O–H groups in total. The molecule has 2 heteroatoms. The number of hydrogen-bond acceptors (Lipinski definition) is 2. The normalized spacial score (nSPS) is 12.5. The molecular formula is C13H26O2. The van der Waals surface area contributed by atoms with E-state index < -0.39 is 0 Å².